The molecule has 5 heteroatoms. The summed E-state index contributed by atoms with van der Waals surface area (Å²) in [7, 11) is 0. The molecule has 1 rings (SSSR count). The Bertz CT molecular complexity index is 276. The summed E-state index contributed by atoms with van der Waals surface area (Å²) in [6, 6.07) is 1.36. The van der Waals surface area contributed by atoms with E-state index in [2.05, 4.69) is 9.68 Å². The van der Waals surface area contributed by atoms with E-state index >= 15 is 0 Å². The number of nitrogens with two attached hydrogens (primary N) is 1. The molecule has 0 bridgehead atoms. The zero-order valence-corrected chi connectivity index (χ0v) is 5.69. The highest BCUT2D eigenvalue weighted by Crippen LogP contribution is 2.22. The third kappa shape index (κ3) is 1.48. The molecule has 1 atom stereocenters. The molecular weight excluding hydrogens is 146 g/mol. The van der Waals surface area contributed by atoms with Crippen molar-refractivity contribution in [1.82, 2.24) is 5.16 Å². The van der Waals surface area contributed by atoms with E-state index in [-0.39, 0.29) is 12.4 Å². The van der Waals surface area contributed by atoms with E-state index in [1.165, 1.54) is 6.20 Å². The van der Waals surface area contributed by atoms with Gasteiger partial charge in [0.15, 0.2) is 0 Å². The molecule has 0 unspecified atom stereocenters. The van der Waals surface area contributed by atoms with Crippen LogP contribution >= 0.6 is 0 Å². The van der Waals surface area contributed by atoms with Crippen LogP contribution in [0.3, 0.4) is 0 Å². The van der Waals surface area contributed by atoms with Crippen LogP contribution in [0.25, 0.3) is 0 Å². The third-order valence-corrected chi connectivity index (χ3v) is 1.29. The first-order valence-corrected chi connectivity index (χ1v) is 3.01. The van der Waals surface area contributed by atoms with Gasteiger partial charge in [-0.1, -0.05) is 5.16 Å². The maximum Gasteiger partial charge on any atom is 0.313 e. The fourth-order valence-electron chi connectivity index (χ4n) is 0.704. The Hall–Kier alpha value is -1.54. The Morgan fingerprint density at radius 3 is 3.09 bits per heavy atom. The minimum atomic E-state index is -0.522. The largest absolute Gasteiger partial charge is 0.479 e. The van der Waals surface area contributed by atoms with E-state index in [0.717, 1.165) is 0 Å². The van der Waals surface area contributed by atoms with Crippen molar-refractivity contribution in [2.45, 2.75) is 12.5 Å². The normalized spacial score (nSPS) is 12.4. The maximum atomic E-state index is 8.93. The minimum absolute atomic E-state index is 0.134. The number of aromatic hydroxyl groups is 1. The van der Waals surface area contributed by atoms with Crippen LogP contribution in [-0.2, 0) is 0 Å². The zero-order valence-electron chi connectivity index (χ0n) is 5.69. The second-order valence-corrected chi connectivity index (χ2v) is 2.06. The first kappa shape index (κ1) is 7.57. The first-order valence-electron chi connectivity index (χ1n) is 3.01. The lowest BCUT2D eigenvalue weighted by atomic mass is 10.1. The van der Waals surface area contributed by atoms with Gasteiger partial charge >= 0.3 is 5.95 Å². The summed E-state index contributed by atoms with van der Waals surface area (Å²) in [6.45, 7) is 0. The van der Waals surface area contributed by atoms with Crippen molar-refractivity contribution in [1.29, 1.82) is 5.26 Å². The second kappa shape index (κ2) is 3.03. The number of nitriles is 1. The molecule has 58 valence electrons. The van der Waals surface area contributed by atoms with E-state index in [1.54, 1.807) is 0 Å². The molecular formula is C6H7N3O2. The summed E-state index contributed by atoms with van der Waals surface area (Å²) >= 11 is 0. The van der Waals surface area contributed by atoms with Gasteiger partial charge in [-0.3, -0.25) is 0 Å². The van der Waals surface area contributed by atoms with E-state index in [1.807, 2.05) is 6.07 Å². The van der Waals surface area contributed by atoms with Crippen LogP contribution in [-0.4, -0.2) is 10.3 Å². The van der Waals surface area contributed by atoms with Gasteiger partial charge in [0.2, 0.25) is 0 Å². The van der Waals surface area contributed by atoms with Crippen molar-refractivity contribution < 1.29 is 9.63 Å². The molecule has 0 amide bonds. The average Bonchev–Trinajstić information content (AvgIpc) is 2.36. The van der Waals surface area contributed by atoms with E-state index < -0.39 is 6.04 Å². The quantitative estimate of drug-likeness (QED) is 0.636. The molecule has 0 radical (unpaired) electrons. The van der Waals surface area contributed by atoms with Gasteiger partial charge in [0.05, 0.1) is 30.3 Å². The first-order chi connectivity index (χ1) is 5.25. The molecule has 0 aliphatic rings. The lowest BCUT2D eigenvalue weighted by Gasteiger charge is -2.01. The average molecular weight is 153 g/mol. The Labute approximate surface area is 63.0 Å². The van der Waals surface area contributed by atoms with Crippen molar-refractivity contribution in [2.75, 3.05) is 0 Å². The summed E-state index contributed by atoms with van der Waals surface area (Å²) in [4.78, 5) is 0. The number of hydrogen-bond donors (Lipinski definition) is 2. The molecule has 1 heterocycles. The van der Waals surface area contributed by atoms with Crippen LogP contribution in [0.4, 0.5) is 0 Å². The summed E-state index contributed by atoms with van der Waals surface area (Å²) in [6.07, 6.45) is 1.44. The number of rotatable bonds is 2. The Morgan fingerprint density at radius 1 is 1.91 bits per heavy atom. The SMILES string of the molecule is N#CC[C@@H](N)c1cnoc1O. The number of hydrogen-bond acceptors (Lipinski definition) is 5. The van der Waals surface area contributed by atoms with Crippen molar-refractivity contribution >= 4 is 0 Å². The lowest BCUT2D eigenvalue weighted by Crippen LogP contribution is -2.08. The molecule has 0 aliphatic heterocycles. The highest BCUT2D eigenvalue weighted by Gasteiger charge is 2.13. The van der Waals surface area contributed by atoms with Gasteiger partial charge in [-0.15, -0.1) is 0 Å². The van der Waals surface area contributed by atoms with Crippen LogP contribution in [0.15, 0.2) is 10.7 Å². The van der Waals surface area contributed by atoms with Gasteiger partial charge in [0.25, 0.3) is 0 Å². The Kier molecular flexibility index (Phi) is 2.09. The smallest absolute Gasteiger partial charge is 0.313 e. The van der Waals surface area contributed by atoms with Crippen LogP contribution < -0.4 is 5.73 Å². The molecule has 11 heavy (non-hydrogen) atoms. The van der Waals surface area contributed by atoms with Crippen LogP contribution in [0, 0.1) is 11.3 Å². The molecule has 0 spiro atoms. The Morgan fingerprint density at radius 2 is 2.64 bits per heavy atom. The monoisotopic (exact) mass is 153 g/mol. The topological polar surface area (TPSA) is 96.1 Å². The summed E-state index contributed by atoms with van der Waals surface area (Å²) in [5.41, 5.74) is 5.84. The molecule has 0 aromatic carbocycles. The molecule has 5 nitrogen and oxygen atoms in total. The fourth-order valence-corrected chi connectivity index (χ4v) is 0.704. The van der Waals surface area contributed by atoms with Gasteiger partial charge in [-0.05, 0) is 0 Å². The predicted octanol–water partition coefficient (Wildman–Crippen LogP) is 0.294. The highest BCUT2D eigenvalue weighted by molar-refractivity contribution is 5.22. The molecule has 0 saturated carbocycles. The lowest BCUT2D eigenvalue weighted by molar-refractivity contribution is 0.273. The van der Waals surface area contributed by atoms with Crippen LogP contribution in [0.2, 0.25) is 0 Å². The van der Waals surface area contributed by atoms with Gasteiger partial charge in [0.1, 0.15) is 0 Å². The molecule has 0 saturated heterocycles. The fraction of sp³-hybridized carbons (Fsp3) is 0.333. The number of aromatic nitrogens is 1. The third-order valence-electron chi connectivity index (χ3n) is 1.29. The van der Waals surface area contributed by atoms with Gasteiger partial charge < -0.3 is 15.4 Å². The summed E-state index contributed by atoms with van der Waals surface area (Å²) in [5, 5.41) is 20.5. The van der Waals surface area contributed by atoms with E-state index in [9.17, 15) is 0 Å². The molecule has 3 N–H and O–H groups in total. The maximum absolute atomic E-state index is 8.93. The van der Waals surface area contributed by atoms with E-state index in [4.69, 9.17) is 16.1 Å². The van der Waals surface area contributed by atoms with Gasteiger partial charge in [-0.25, -0.2) is 0 Å². The molecule has 0 fully saturated rings. The minimum Gasteiger partial charge on any atom is -0.479 e. The molecule has 0 aliphatic carbocycles. The second-order valence-electron chi connectivity index (χ2n) is 2.06. The highest BCUT2D eigenvalue weighted by atomic mass is 16.5. The molecule has 1 aromatic rings. The van der Waals surface area contributed by atoms with Crippen molar-refractivity contribution in [3.05, 3.63) is 11.8 Å². The predicted molar refractivity (Wildman–Crippen MR) is 35.3 cm³/mol. The van der Waals surface area contributed by atoms with Gasteiger partial charge in [-0.2, -0.15) is 5.26 Å². The number of nitrogens with zero attached hydrogens (tertiary/aromatic N) is 2. The van der Waals surface area contributed by atoms with E-state index in [0.29, 0.717) is 5.56 Å². The zero-order chi connectivity index (χ0) is 8.27. The Balaban J connectivity index is 2.77. The summed E-state index contributed by atoms with van der Waals surface area (Å²) in [5.74, 6) is -0.312. The van der Waals surface area contributed by atoms with Crippen LogP contribution in [0.5, 0.6) is 5.95 Å². The molecule has 1 aromatic heterocycles. The van der Waals surface area contributed by atoms with Crippen molar-refractivity contribution in [3.63, 3.8) is 0 Å². The summed E-state index contributed by atoms with van der Waals surface area (Å²) < 4.78 is 4.35. The van der Waals surface area contributed by atoms with Crippen molar-refractivity contribution in [2.24, 2.45) is 5.73 Å². The standard InChI is InChI=1S/C6H7N3O2/c7-2-1-5(8)4-3-9-11-6(4)10/h3,5,10H,1,8H2/t5-/m1/s1. The van der Waals surface area contributed by atoms with Crippen LogP contribution in [0.1, 0.15) is 18.0 Å². The van der Waals surface area contributed by atoms with Crippen molar-refractivity contribution in [3.8, 4) is 12.0 Å². The van der Waals surface area contributed by atoms with Gasteiger partial charge in [0, 0.05) is 0 Å².